The minimum atomic E-state index is -3.45. The molecule has 438 valence electrons. The van der Waals surface area contributed by atoms with Crippen molar-refractivity contribution in [3.63, 3.8) is 0 Å². The summed E-state index contributed by atoms with van der Waals surface area (Å²) >= 11 is 0. The quantitative estimate of drug-likeness (QED) is 0.0656. The molecule has 6 heterocycles. The fraction of sp³-hybridized carbons (Fsp3) is 0.429. The summed E-state index contributed by atoms with van der Waals surface area (Å²) in [5, 5.41) is 40.7. The Bertz CT molecular complexity index is 3680. The highest BCUT2D eigenvalue weighted by molar-refractivity contribution is 8.93. The number of aliphatic hydroxyl groups is 1. The van der Waals surface area contributed by atoms with E-state index in [2.05, 4.69) is 71.5 Å². The van der Waals surface area contributed by atoms with Crippen LogP contribution in [0.1, 0.15) is 90.9 Å². The molecule has 3 aromatic carbocycles. The second-order valence-electron chi connectivity index (χ2n) is 20.1. The molecule has 25 nitrogen and oxygen atoms in total. The van der Waals surface area contributed by atoms with Gasteiger partial charge in [0.1, 0.15) is 16.6 Å². The second kappa shape index (κ2) is 29.3. The molecule has 3 aliphatic rings. The number of fused-ring (bicyclic) bond motifs is 3. The summed E-state index contributed by atoms with van der Waals surface area (Å²) < 4.78 is 37.9. The second-order valence-corrected chi connectivity index (χ2v) is 22.0. The number of anilines is 2. The van der Waals surface area contributed by atoms with Gasteiger partial charge in [0.05, 0.1) is 41.6 Å². The third kappa shape index (κ3) is 15.6. The number of hydrogen-bond acceptors (Lipinski definition) is 22. The van der Waals surface area contributed by atoms with Gasteiger partial charge in [-0.25, -0.2) is 23.4 Å². The zero-order valence-electron chi connectivity index (χ0n) is 46.5. The molecular formula is C56H69BrN18O7S. The number of para-hydroxylation sites is 3. The Morgan fingerprint density at radius 2 is 0.976 bits per heavy atom. The van der Waals surface area contributed by atoms with Crippen molar-refractivity contribution in [2.45, 2.75) is 114 Å². The van der Waals surface area contributed by atoms with Crippen LogP contribution in [0.25, 0.3) is 50.6 Å². The van der Waals surface area contributed by atoms with Crippen LogP contribution in [0.4, 0.5) is 11.9 Å². The molecule has 9 aromatic rings. The molecular weight excluding hydrogens is 1150 g/mol. The molecule has 6 aromatic heterocycles. The van der Waals surface area contributed by atoms with Gasteiger partial charge in [-0.05, 0) is 88.8 Å². The van der Waals surface area contributed by atoms with Crippen molar-refractivity contribution in [2.24, 2.45) is 23.5 Å². The normalized spacial score (nSPS) is 19.5. The fourth-order valence-corrected chi connectivity index (χ4v) is 10.8. The number of carbonyl (C=O) groups is 2. The molecule has 0 radical (unpaired) electrons. The van der Waals surface area contributed by atoms with Gasteiger partial charge in [0.25, 0.3) is 0 Å². The maximum Gasteiger partial charge on any atom is 0.311 e. The van der Waals surface area contributed by atoms with Crippen LogP contribution in [0.2, 0.25) is 0 Å². The maximum atomic E-state index is 12.3. The summed E-state index contributed by atoms with van der Waals surface area (Å²) in [5.74, 6) is 2.52. The van der Waals surface area contributed by atoms with Crippen molar-refractivity contribution in [1.29, 1.82) is 0 Å². The van der Waals surface area contributed by atoms with Gasteiger partial charge in [-0.2, -0.15) is 29.0 Å². The molecule has 0 amide bonds. The highest BCUT2D eigenvalue weighted by atomic mass is 79.9. The number of rotatable bonds is 13. The highest BCUT2D eigenvalue weighted by Gasteiger charge is 2.33. The zero-order valence-corrected chi connectivity index (χ0v) is 49.0. The zero-order chi connectivity index (χ0) is 57.4. The molecule has 5 N–H and O–H groups in total. The first kappa shape index (κ1) is 61.1. The fourth-order valence-electron chi connectivity index (χ4n) is 10.3. The number of halogens is 1. The van der Waals surface area contributed by atoms with Crippen LogP contribution in [0, 0.1) is 17.8 Å². The summed E-state index contributed by atoms with van der Waals surface area (Å²) in [7, 11) is -3.45. The molecule has 12 rings (SSSR count). The van der Waals surface area contributed by atoms with E-state index in [4.69, 9.17) is 15.2 Å². The molecule has 0 unspecified atom stereocenters. The van der Waals surface area contributed by atoms with Crippen LogP contribution >= 0.6 is 17.0 Å². The van der Waals surface area contributed by atoms with Crippen LogP contribution in [0.15, 0.2) is 115 Å². The first-order chi connectivity index (χ1) is 39.9. The Morgan fingerprint density at radius 3 is 1.46 bits per heavy atom. The first-order valence-electron chi connectivity index (χ1n) is 27.8. The van der Waals surface area contributed by atoms with Crippen molar-refractivity contribution in [3.8, 4) is 17.5 Å². The van der Waals surface area contributed by atoms with Gasteiger partial charge in [-0.1, -0.05) is 90.6 Å². The van der Waals surface area contributed by atoms with Crippen LogP contribution < -0.4 is 16.4 Å². The number of nitrogens with zero attached hydrogens (tertiary/aromatic N) is 15. The molecule has 6 atom stereocenters. The summed E-state index contributed by atoms with van der Waals surface area (Å²) in [6, 6.07) is 28.2. The van der Waals surface area contributed by atoms with Crippen LogP contribution in [-0.4, -0.2) is 145 Å². The average Bonchev–Trinajstić information content (AvgIpc) is 4.09. The van der Waals surface area contributed by atoms with E-state index in [1.165, 1.54) is 23.7 Å². The van der Waals surface area contributed by atoms with Gasteiger partial charge in [0.2, 0.25) is 26.9 Å². The van der Waals surface area contributed by atoms with Gasteiger partial charge in [0, 0.05) is 73.7 Å². The number of sulfone groups is 1. The summed E-state index contributed by atoms with van der Waals surface area (Å²) in [6.07, 6.45) is 18.2. The third-order valence-electron chi connectivity index (χ3n) is 14.5. The van der Waals surface area contributed by atoms with Gasteiger partial charge in [0.15, 0.2) is 17.5 Å². The molecule has 0 saturated heterocycles. The van der Waals surface area contributed by atoms with Crippen molar-refractivity contribution in [3.05, 3.63) is 110 Å². The molecule has 83 heavy (non-hydrogen) atoms. The van der Waals surface area contributed by atoms with Gasteiger partial charge >= 0.3 is 11.9 Å². The molecule has 3 saturated carbocycles. The van der Waals surface area contributed by atoms with E-state index in [9.17, 15) is 23.1 Å². The summed E-state index contributed by atoms with van der Waals surface area (Å²) in [5.41, 5.74) is 10.7. The average molecular weight is 1220 g/mol. The number of nitrogens with one attached hydrogen (secondary N) is 2. The largest absolute Gasteiger partial charge is 0.466 e. The monoisotopic (exact) mass is 1220 g/mol. The standard InChI is InChI=1S/C19H22N6O2.C17H20N6O.C11H9N5O2S.C9H17NO2.BrH/c1-2-27-18(26)13-7-3-4-8-14(13)21-19-20-12-11-17(22-19)25-16-10-6-5-9-15(16)23-24-25;24-11-12-5-1-2-6-13(12)19-17-18-10-9-16(20-17)23-15-8-4-3-7-14(15)21-22-23;1-19(17,18)11-12-7-6-10(13-11)16-9-5-3-2-4-8(9)14-15-16;1-2-12-9(11)7-5-3-4-6-8(7)10;/h5-6,9-14H,2-4,7-8H2,1H3,(H,20,21,22);3-4,7-10,12-13,24H,1-2,5-6,11H2,(H,18,19,20);2-7H,1H3;7-8H,2-6,10H2,1H3;1H/t13-,14+;12-,13-;;7-,8+;/m10.0./s1. The van der Waals surface area contributed by atoms with Crippen LogP contribution in [-0.2, 0) is 28.9 Å². The number of aliphatic hydroxyl groups excluding tert-OH is 1. The Kier molecular flexibility index (Phi) is 21.6. The number of carbonyl (C=O) groups excluding carboxylic acids is 2. The Morgan fingerprint density at radius 1 is 0.566 bits per heavy atom. The Hall–Kier alpha value is -8.01. The Balaban J connectivity index is 0.000000149. The number of hydrogen-bond donors (Lipinski definition) is 4. The molecule has 0 bridgehead atoms. The minimum absolute atomic E-state index is 0. The number of benzene rings is 3. The number of ether oxygens (including phenoxy) is 2. The van der Waals surface area contributed by atoms with Crippen LogP contribution in [0.3, 0.4) is 0 Å². The maximum absolute atomic E-state index is 12.3. The van der Waals surface area contributed by atoms with Gasteiger partial charge < -0.3 is 30.9 Å². The lowest BCUT2D eigenvalue weighted by Gasteiger charge is -2.30. The van der Waals surface area contributed by atoms with Gasteiger partial charge in [-0.15, -0.1) is 32.3 Å². The molecule has 27 heteroatoms. The van der Waals surface area contributed by atoms with E-state index < -0.39 is 9.84 Å². The van der Waals surface area contributed by atoms with E-state index in [0.717, 1.165) is 98.0 Å². The molecule has 0 spiro atoms. The van der Waals surface area contributed by atoms with E-state index >= 15 is 0 Å². The minimum Gasteiger partial charge on any atom is -0.466 e. The van der Waals surface area contributed by atoms with E-state index in [-0.39, 0.29) is 76.6 Å². The summed E-state index contributed by atoms with van der Waals surface area (Å²) in [4.78, 5) is 49.1. The lowest BCUT2D eigenvalue weighted by atomic mass is 9.84. The Labute approximate surface area is 490 Å². The van der Waals surface area contributed by atoms with E-state index in [1.54, 1.807) is 33.9 Å². The number of esters is 2. The van der Waals surface area contributed by atoms with Crippen molar-refractivity contribution in [1.82, 2.24) is 74.9 Å². The SMILES string of the molecule is Br.CCOC(=O)[C@@H]1CCCC[C@@H]1Nc1nccc(-n2nnc3ccccc32)n1.CCOC(=O)[C@H]1CCCC[C@H]1N.CS(=O)(=O)c1nccc(-n2nnc3ccccc32)n1.OC[C@@H]1CCCC[C@@H]1Nc1nccc(-n2nnc3ccccc32)n1. The first-order valence-corrected chi connectivity index (χ1v) is 29.7. The summed E-state index contributed by atoms with van der Waals surface area (Å²) in [6.45, 7) is 4.71. The highest BCUT2D eigenvalue weighted by Crippen LogP contribution is 2.29. The predicted molar refractivity (Wildman–Crippen MR) is 316 cm³/mol. The predicted octanol–water partition coefficient (Wildman–Crippen LogP) is 7.18. The third-order valence-corrected chi connectivity index (χ3v) is 15.3. The molecule has 0 aliphatic heterocycles. The van der Waals surface area contributed by atoms with Gasteiger partial charge in [-0.3, -0.25) is 9.59 Å². The van der Waals surface area contributed by atoms with Crippen LogP contribution in [0.5, 0.6) is 0 Å². The topological polar surface area (TPSA) is 327 Å². The van der Waals surface area contributed by atoms with Crippen molar-refractivity contribution < 1.29 is 32.6 Å². The smallest absolute Gasteiger partial charge is 0.311 e. The van der Waals surface area contributed by atoms with E-state index in [1.807, 2.05) is 92.7 Å². The molecule has 3 aliphatic carbocycles. The lowest BCUT2D eigenvalue weighted by Crippen LogP contribution is -2.38. The number of aromatic nitrogens is 15. The number of nitrogens with two attached hydrogens (primary N) is 1. The van der Waals surface area contributed by atoms with E-state index in [0.29, 0.717) is 48.1 Å². The lowest BCUT2D eigenvalue weighted by molar-refractivity contribution is -0.150. The van der Waals surface area contributed by atoms with Crippen molar-refractivity contribution >= 4 is 83.8 Å². The molecule has 3 fully saturated rings. The van der Waals surface area contributed by atoms with Crippen molar-refractivity contribution in [2.75, 3.05) is 36.7 Å².